The molecule has 0 atom stereocenters. The van der Waals surface area contributed by atoms with Gasteiger partial charge in [0.05, 0.1) is 16.3 Å². The molecule has 4 aromatic rings. The van der Waals surface area contributed by atoms with Gasteiger partial charge in [-0.3, -0.25) is 10.1 Å². The first-order chi connectivity index (χ1) is 18.0. The molecule has 0 aliphatic carbocycles. The number of nitrogens with one attached hydrogen (secondary N) is 2. The predicted molar refractivity (Wildman–Crippen MR) is 147 cm³/mol. The average Bonchev–Trinajstić information content (AvgIpc) is 3.53. The van der Waals surface area contributed by atoms with Crippen molar-refractivity contribution in [1.82, 2.24) is 35.0 Å². The minimum absolute atomic E-state index is 0.368. The lowest BCUT2D eigenvalue weighted by Crippen LogP contribution is -2.29. The van der Waals surface area contributed by atoms with Crippen molar-refractivity contribution in [3.8, 4) is 11.5 Å². The zero-order valence-electron chi connectivity index (χ0n) is 21.8. The molecule has 37 heavy (non-hydrogen) atoms. The molecule has 192 valence electrons. The third-order valence-corrected chi connectivity index (χ3v) is 6.72. The quantitative estimate of drug-likeness (QED) is 0.419. The Labute approximate surface area is 215 Å². The third kappa shape index (κ3) is 4.91. The van der Waals surface area contributed by atoms with Crippen molar-refractivity contribution in [2.75, 3.05) is 32.1 Å². The summed E-state index contributed by atoms with van der Waals surface area (Å²) in [4.78, 5) is 21.4. The molecule has 1 fully saturated rings. The Kier molecular flexibility index (Phi) is 7.14. The number of anilines is 1. The third-order valence-electron chi connectivity index (χ3n) is 6.72. The summed E-state index contributed by atoms with van der Waals surface area (Å²) in [5.41, 5.74) is 5.13. The molecule has 0 bridgehead atoms. The number of hydrogen-bond donors (Lipinski definition) is 2. The molecule has 0 saturated carbocycles. The molecule has 4 aromatic heterocycles. The first-order valence-electron chi connectivity index (χ1n) is 12.8. The van der Waals surface area contributed by atoms with Crippen LogP contribution in [0.1, 0.15) is 44.2 Å². The smallest absolute Gasteiger partial charge is 0.180 e. The molecule has 1 aliphatic rings. The van der Waals surface area contributed by atoms with Gasteiger partial charge in [-0.2, -0.15) is 5.10 Å². The number of aromatic nitrogens is 6. The minimum Gasteiger partial charge on any atom is -0.370 e. The highest BCUT2D eigenvalue weighted by molar-refractivity contribution is 5.95. The Bertz CT molecular complexity index is 1560. The summed E-state index contributed by atoms with van der Waals surface area (Å²) < 4.78 is 16.4. The van der Waals surface area contributed by atoms with Crippen LogP contribution >= 0.6 is 0 Å². The summed E-state index contributed by atoms with van der Waals surface area (Å²) in [6.45, 7) is 6.42. The van der Waals surface area contributed by atoms with Gasteiger partial charge in [0.2, 0.25) is 0 Å². The fraction of sp³-hybridized carbons (Fsp3) is 0.357. The maximum absolute atomic E-state index is 16.4. The molecule has 9 heteroatoms. The van der Waals surface area contributed by atoms with E-state index < -0.39 is 0 Å². The maximum atomic E-state index is 16.4. The van der Waals surface area contributed by atoms with Crippen molar-refractivity contribution in [2.24, 2.45) is 0 Å². The molecule has 0 spiro atoms. The molecule has 0 amide bonds. The van der Waals surface area contributed by atoms with E-state index in [2.05, 4.69) is 34.9 Å². The topological polar surface area (TPSA) is 89.6 Å². The molecular weight excluding hydrogens is 467 g/mol. The van der Waals surface area contributed by atoms with Crippen molar-refractivity contribution >= 4 is 34.3 Å². The molecule has 0 unspecified atom stereocenters. The summed E-state index contributed by atoms with van der Waals surface area (Å²) in [7, 11) is 3.99. The van der Waals surface area contributed by atoms with Crippen LogP contribution in [0.5, 0.6) is 0 Å². The highest BCUT2D eigenvalue weighted by Crippen LogP contribution is 2.29. The largest absolute Gasteiger partial charge is 0.370 e. The number of imidazole rings is 1. The highest BCUT2D eigenvalue weighted by Gasteiger charge is 2.20. The standard InChI is InChI=1S/C28H33FN8/c1-5-20(19-14-18(15-30-16-19)17-36(3)4)24(29)23-21(6-2)34-35-26(23)28-32-25-22(10-11-31-27(25)33-28)37-12-8-7-9-13-37/h5-6,10-11,14-16,34H,7-9,12-13,17H2,1-4H3,(H,31,32,33)/b20-5+,21-6+,24-23-. The molecule has 1 saturated heterocycles. The number of allylic oxidation sites excluding steroid dienone is 2. The van der Waals surface area contributed by atoms with Crippen LogP contribution in [0, 0.1) is 0 Å². The van der Waals surface area contributed by atoms with Crippen molar-refractivity contribution in [3.63, 3.8) is 0 Å². The average molecular weight is 501 g/mol. The van der Waals surface area contributed by atoms with Crippen LogP contribution in [0.15, 0.2) is 36.8 Å². The normalized spacial score (nSPS) is 16.2. The van der Waals surface area contributed by atoms with E-state index in [0.717, 1.165) is 36.4 Å². The van der Waals surface area contributed by atoms with Crippen LogP contribution in [0.3, 0.4) is 0 Å². The van der Waals surface area contributed by atoms with E-state index in [-0.39, 0.29) is 5.83 Å². The first kappa shape index (κ1) is 24.8. The second-order valence-corrected chi connectivity index (χ2v) is 9.65. The van der Waals surface area contributed by atoms with Crippen molar-refractivity contribution in [2.45, 2.75) is 39.7 Å². The van der Waals surface area contributed by atoms with E-state index in [0.29, 0.717) is 38.9 Å². The Morgan fingerprint density at radius 3 is 2.70 bits per heavy atom. The number of aromatic amines is 2. The Morgan fingerprint density at radius 1 is 1.16 bits per heavy atom. The van der Waals surface area contributed by atoms with Gasteiger partial charge in [0.1, 0.15) is 17.0 Å². The predicted octanol–water partition coefficient (Wildman–Crippen LogP) is 3.78. The Balaban J connectivity index is 1.64. The Morgan fingerprint density at radius 2 is 1.97 bits per heavy atom. The SMILES string of the molecule is C/C=C(/C(F)=c1/c(-c2nc3nccc(N4CCCCC4)c3[nH]2)n[nH]/c1=C/C)c1cncc(CN(C)C)c1. The fourth-order valence-electron chi connectivity index (χ4n) is 5.01. The van der Waals surface area contributed by atoms with Gasteiger partial charge in [0.25, 0.3) is 0 Å². The zero-order valence-corrected chi connectivity index (χ0v) is 21.8. The second kappa shape index (κ2) is 10.6. The van der Waals surface area contributed by atoms with Crippen LogP contribution in [0.25, 0.3) is 40.2 Å². The van der Waals surface area contributed by atoms with Gasteiger partial charge in [-0.25, -0.2) is 14.4 Å². The van der Waals surface area contributed by atoms with Crippen molar-refractivity contribution in [3.05, 3.63) is 58.5 Å². The maximum Gasteiger partial charge on any atom is 0.180 e. The van der Waals surface area contributed by atoms with E-state index in [1.54, 1.807) is 18.5 Å². The molecule has 0 radical (unpaired) electrons. The van der Waals surface area contributed by atoms with E-state index in [1.807, 2.05) is 52.3 Å². The lowest BCUT2D eigenvalue weighted by atomic mass is 10.0. The molecular formula is C28H33FN8. The van der Waals surface area contributed by atoms with Gasteiger partial charge < -0.3 is 14.8 Å². The van der Waals surface area contributed by atoms with Gasteiger partial charge >= 0.3 is 0 Å². The number of hydrogen-bond acceptors (Lipinski definition) is 6. The number of nitrogens with zero attached hydrogens (tertiary/aromatic N) is 6. The molecule has 2 N–H and O–H groups in total. The van der Waals surface area contributed by atoms with Gasteiger partial charge in [-0.1, -0.05) is 12.2 Å². The van der Waals surface area contributed by atoms with Gasteiger partial charge in [0, 0.05) is 49.4 Å². The van der Waals surface area contributed by atoms with Crippen LogP contribution in [0.2, 0.25) is 0 Å². The van der Waals surface area contributed by atoms with E-state index >= 15 is 4.39 Å². The van der Waals surface area contributed by atoms with E-state index in [1.165, 1.54) is 19.3 Å². The van der Waals surface area contributed by atoms with Crippen LogP contribution in [0.4, 0.5) is 10.1 Å². The fourth-order valence-corrected chi connectivity index (χ4v) is 5.01. The van der Waals surface area contributed by atoms with Crippen molar-refractivity contribution < 1.29 is 4.39 Å². The highest BCUT2D eigenvalue weighted by atomic mass is 19.1. The molecule has 8 nitrogen and oxygen atoms in total. The molecule has 5 rings (SSSR count). The first-order valence-corrected chi connectivity index (χ1v) is 12.8. The number of halogens is 1. The summed E-state index contributed by atoms with van der Waals surface area (Å²) in [5, 5.41) is 8.43. The van der Waals surface area contributed by atoms with Crippen LogP contribution in [-0.4, -0.2) is 62.2 Å². The van der Waals surface area contributed by atoms with Crippen molar-refractivity contribution in [1.29, 1.82) is 0 Å². The molecule has 1 aliphatic heterocycles. The summed E-state index contributed by atoms with van der Waals surface area (Å²) >= 11 is 0. The lowest BCUT2D eigenvalue weighted by Gasteiger charge is -2.28. The second-order valence-electron chi connectivity index (χ2n) is 9.65. The minimum atomic E-state index is -0.382. The Hall–Kier alpha value is -3.85. The zero-order chi connectivity index (χ0) is 25.9. The van der Waals surface area contributed by atoms with Gasteiger partial charge in [0.15, 0.2) is 11.5 Å². The number of H-pyrrole nitrogens is 2. The van der Waals surface area contributed by atoms with Crippen LogP contribution in [-0.2, 0) is 6.54 Å². The number of rotatable bonds is 6. The summed E-state index contributed by atoms with van der Waals surface area (Å²) in [5.74, 6) is 0.101. The summed E-state index contributed by atoms with van der Waals surface area (Å²) in [6.07, 6.45) is 12.5. The van der Waals surface area contributed by atoms with Gasteiger partial charge in [-0.05, 0) is 64.9 Å². The van der Waals surface area contributed by atoms with E-state index in [4.69, 9.17) is 4.98 Å². The number of piperidine rings is 1. The number of fused-ring (bicyclic) bond motifs is 1. The molecule has 5 heterocycles. The van der Waals surface area contributed by atoms with E-state index in [9.17, 15) is 0 Å². The lowest BCUT2D eigenvalue weighted by molar-refractivity contribution is 0.402. The molecule has 0 aromatic carbocycles. The monoisotopic (exact) mass is 500 g/mol. The number of pyridine rings is 2. The van der Waals surface area contributed by atoms with Gasteiger partial charge in [-0.15, -0.1) is 0 Å². The van der Waals surface area contributed by atoms with Crippen LogP contribution < -0.4 is 15.5 Å². The summed E-state index contributed by atoms with van der Waals surface area (Å²) in [6, 6.07) is 4.00.